The summed E-state index contributed by atoms with van der Waals surface area (Å²) in [5.41, 5.74) is 0.899. The van der Waals surface area contributed by atoms with Crippen molar-refractivity contribution in [3.63, 3.8) is 0 Å². The molecule has 2 atom stereocenters. The van der Waals surface area contributed by atoms with Crippen LogP contribution in [0.15, 0.2) is 30.3 Å². The van der Waals surface area contributed by atoms with Gasteiger partial charge < -0.3 is 15.3 Å². The Bertz CT molecular complexity index is 496. The van der Waals surface area contributed by atoms with E-state index in [4.69, 9.17) is 0 Å². The van der Waals surface area contributed by atoms with E-state index in [1.165, 1.54) is 5.56 Å². The molecule has 0 aromatic heterocycles. The molecule has 1 heterocycles. The Hall–Kier alpha value is -1.39. The molecule has 1 amide bonds. The van der Waals surface area contributed by atoms with Crippen molar-refractivity contribution in [1.29, 1.82) is 0 Å². The van der Waals surface area contributed by atoms with Gasteiger partial charge in [0, 0.05) is 37.7 Å². The predicted octanol–water partition coefficient (Wildman–Crippen LogP) is 2.42. The highest BCUT2D eigenvalue weighted by Crippen LogP contribution is 2.25. The van der Waals surface area contributed by atoms with Crippen LogP contribution in [0.4, 0.5) is 0 Å². The summed E-state index contributed by atoms with van der Waals surface area (Å²) in [4.78, 5) is 14.6. The fraction of sp³-hybridized carbons (Fsp3) is 0.632. The van der Waals surface area contributed by atoms with E-state index in [9.17, 15) is 9.90 Å². The lowest BCUT2D eigenvalue weighted by Gasteiger charge is -2.40. The zero-order valence-electron chi connectivity index (χ0n) is 14.6. The van der Waals surface area contributed by atoms with Gasteiger partial charge >= 0.3 is 0 Å². The summed E-state index contributed by atoms with van der Waals surface area (Å²) in [6, 6.07) is 10.6. The number of likely N-dealkylation sites (tertiary alicyclic amines) is 1. The predicted molar refractivity (Wildman–Crippen MR) is 92.9 cm³/mol. The monoisotopic (exact) mass is 318 g/mol. The van der Waals surface area contributed by atoms with Gasteiger partial charge in [0.1, 0.15) is 0 Å². The van der Waals surface area contributed by atoms with Gasteiger partial charge in [0.2, 0.25) is 5.91 Å². The smallest absolute Gasteiger partial charge is 0.228 e. The van der Waals surface area contributed by atoms with Gasteiger partial charge in [-0.3, -0.25) is 4.79 Å². The van der Waals surface area contributed by atoms with Crippen molar-refractivity contribution < 1.29 is 9.90 Å². The van der Waals surface area contributed by atoms with Crippen molar-refractivity contribution in [2.75, 3.05) is 19.7 Å². The Balaban J connectivity index is 1.99. The maximum absolute atomic E-state index is 12.6. The number of carbonyl (C=O) groups excluding carboxylic acids is 1. The summed E-state index contributed by atoms with van der Waals surface area (Å²) in [7, 11) is 0. The fourth-order valence-corrected chi connectivity index (χ4v) is 3.24. The fourth-order valence-electron chi connectivity index (χ4n) is 3.24. The van der Waals surface area contributed by atoms with Crippen molar-refractivity contribution in [2.24, 2.45) is 11.3 Å². The maximum Gasteiger partial charge on any atom is 0.228 e. The normalized spacial score (nSPS) is 22.2. The highest BCUT2D eigenvalue weighted by atomic mass is 16.3. The van der Waals surface area contributed by atoms with E-state index in [-0.39, 0.29) is 24.0 Å². The molecule has 1 aromatic carbocycles. The van der Waals surface area contributed by atoms with Gasteiger partial charge in [0.05, 0.1) is 0 Å². The number of nitrogens with one attached hydrogen (secondary N) is 1. The first-order valence-corrected chi connectivity index (χ1v) is 8.57. The molecular weight excluding hydrogens is 288 g/mol. The number of carbonyl (C=O) groups is 1. The van der Waals surface area contributed by atoms with Crippen LogP contribution in [0.2, 0.25) is 0 Å². The van der Waals surface area contributed by atoms with Crippen LogP contribution in [0, 0.1) is 11.3 Å². The third-order valence-corrected chi connectivity index (χ3v) is 4.44. The number of nitrogens with zero attached hydrogens (tertiary/aromatic N) is 1. The zero-order chi connectivity index (χ0) is 16.9. The molecule has 4 heteroatoms. The van der Waals surface area contributed by atoms with Crippen molar-refractivity contribution in [3.05, 3.63) is 35.9 Å². The molecular formula is C19H30N2O2. The third kappa shape index (κ3) is 5.33. The minimum Gasteiger partial charge on any atom is -0.396 e. The second-order valence-electron chi connectivity index (χ2n) is 7.64. The van der Waals surface area contributed by atoms with E-state index in [0.29, 0.717) is 5.92 Å². The topological polar surface area (TPSA) is 52.6 Å². The molecule has 1 aliphatic rings. The minimum absolute atomic E-state index is 0.188. The molecule has 1 aliphatic heterocycles. The average Bonchev–Trinajstić information content (AvgIpc) is 2.52. The van der Waals surface area contributed by atoms with Crippen LogP contribution in [0.25, 0.3) is 0 Å². The lowest BCUT2D eigenvalue weighted by molar-refractivity contribution is -0.142. The molecule has 0 radical (unpaired) electrons. The summed E-state index contributed by atoms with van der Waals surface area (Å²) >= 11 is 0. The van der Waals surface area contributed by atoms with Crippen molar-refractivity contribution in [1.82, 2.24) is 10.2 Å². The summed E-state index contributed by atoms with van der Waals surface area (Å²) in [6.45, 7) is 8.43. The van der Waals surface area contributed by atoms with Crippen molar-refractivity contribution in [2.45, 2.75) is 46.2 Å². The van der Waals surface area contributed by atoms with E-state index in [2.05, 4.69) is 17.4 Å². The molecule has 128 valence electrons. The van der Waals surface area contributed by atoms with Gasteiger partial charge in [0.25, 0.3) is 0 Å². The lowest BCUT2D eigenvalue weighted by atomic mass is 9.88. The lowest BCUT2D eigenvalue weighted by Crippen LogP contribution is -2.53. The first kappa shape index (κ1) is 18.0. The zero-order valence-corrected chi connectivity index (χ0v) is 14.6. The number of benzene rings is 1. The van der Waals surface area contributed by atoms with Gasteiger partial charge in [-0.15, -0.1) is 0 Å². The highest BCUT2D eigenvalue weighted by molar-refractivity contribution is 5.81. The first-order valence-electron chi connectivity index (χ1n) is 8.57. The number of amides is 1. The number of piperidine rings is 1. The second-order valence-corrected chi connectivity index (χ2v) is 7.64. The standard InChI is InChI=1S/C19H30N2O2/c1-19(2,3)18(23)21-13-16(9-10-22)11-17(14-21)20-12-15-7-5-4-6-8-15/h4-8,16-17,20,22H,9-14H2,1-3H3. The molecule has 2 unspecified atom stereocenters. The molecule has 0 bridgehead atoms. The second kappa shape index (κ2) is 7.93. The maximum atomic E-state index is 12.6. The number of rotatable bonds is 5. The van der Waals surface area contributed by atoms with Gasteiger partial charge in [0.15, 0.2) is 0 Å². The van der Waals surface area contributed by atoms with E-state index in [1.807, 2.05) is 43.9 Å². The van der Waals surface area contributed by atoms with Crippen molar-refractivity contribution in [3.8, 4) is 0 Å². The van der Waals surface area contributed by atoms with Crippen LogP contribution in [-0.4, -0.2) is 41.7 Å². The summed E-state index contributed by atoms with van der Waals surface area (Å²) in [6.07, 6.45) is 1.78. The minimum atomic E-state index is -0.356. The van der Waals surface area contributed by atoms with Crippen molar-refractivity contribution >= 4 is 5.91 Å². The highest BCUT2D eigenvalue weighted by Gasteiger charge is 2.34. The SMILES string of the molecule is CC(C)(C)C(=O)N1CC(CCO)CC(NCc2ccccc2)C1. The Kier molecular flexibility index (Phi) is 6.19. The van der Waals surface area contributed by atoms with Gasteiger partial charge in [-0.25, -0.2) is 0 Å². The molecule has 2 N–H and O–H groups in total. The molecule has 1 aromatic rings. The molecule has 1 fully saturated rings. The molecule has 2 rings (SSSR count). The molecule has 1 saturated heterocycles. The molecule has 0 spiro atoms. The Morgan fingerprint density at radius 3 is 2.57 bits per heavy atom. The molecule has 0 aliphatic carbocycles. The number of hydrogen-bond donors (Lipinski definition) is 2. The molecule has 4 nitrogen and oxygen atoms in total. The van der Waals surface area contributed by atoms with Gasteiger partial charge in [-0.2, -0.15) is 0 Å². The Morgan fingerprint density at radius 1 is 1.26 bits per heavy atom. The van der Waals surface area contributed by atoms with Crippen LogP contribution >= 0.6 is 0 Å². The number of aliphatic hydroxyl groups excluding tert-OH is 1. The Labute approximate surface area is 139 Å². The van der Waals surface area contributed by atoms with E-state index in [1.54, 1.807) is 0 Å². The quantitative estimate of drug-likeness (QED) is 0.877. The summed E-state index contributed by atoms with van der Waals surface area (Å²) < 4.78 is 0. The Morgan fingerprint density at radius 2 is 1.96 bits per heavy atom. The first-order chi connectivity index (χ1) is 10.9. The average molecular weight is 318 g/mol. The van der Waals surface area contributed by atoms with Crippen LogP contribution < -0.4 is 5.32 Å². The number of hydrogen-bond acceptors (Lipinski definition) is 3. The van der Waals surface area contributed by atoms with E-state index < -0.39 is 0 Å². The molecule has 0 saturated carbocycles. The van der Waals surface area contributed by atoms with Gasteiger partial charge in [-0.05, 0) is 24.3 Å². The third-order valence-electron chi connectivity index (χ3n) is 4.44. The van der Waals surface area contributed by atoms with E-state index in [0.717, 1.165) is 32.5 Å². The van der Waals surface area contributed by atoms with Crippen LogP contribution in [0.1, 0.15) is 39.2 Å². The van der Waals surface area contributed by atoms with Gasteiger partial charge in [-0.1, -0.05) is 51.1 Å². The van der Waals surface area contributed by atoms with Crippen LogP contribution in [0.3, 0.4) is 0 Å². The van der Waals surface area contributed by atoms with E-state index >= 15 is 0 Å². The molecule has 23 heavy (non-hydrogen) atoms. The van der Waals surface area contributed by atoms with Crippen LogP contribution in [0.5, 0.6) is 0 Å². The number of aliphatic hydroxyl groups is 1. The summed E-state index contributed by atoms with van der Waals surface area (Å²) in [5, 5.41) is 12.9. The summed E-state index contributed by atoms with van der Waals surface area (Å²) in [5.74, 6) is 0.569. The van der Waals surface area contributed by atoms with Crippen LogP contribution in [-0.2, 0) is 11.3 Å². The largest absolute Gasteiger partial charge is 0.396 e.